The van der Waals surface area contributed by atoms with E-state index >= 15 is 0 Å². The molecule has 0 aromatic carbocycles. The monoisotopic (exact) mass is 194 g/mol. The highest BCUT2D eigenvalue weighted by molar-refractivity contribution is 6.04. The molecule has 0 aromatic rings. The summed E-state index contributed by atoms with van der Waals surface area (Å²) in [6.45, 7) is 5.53. The Morgan fingerprint density at radius 3 is 2.71 bits per heavy atom. The summed E-state index contributed by atoms with van der Waals surface area (Å²) in [4.78, 5) is 11.7. The predicted octanol–water partition coefficient (Wildman–Crippen LogP) is 1.59. The lowest BCUT2D eigenvalue weighted by molar-refractivity contribution is -0.152. The van der Waals surface area contributed by atoms with Crippen molar-refractivity contribution < 1.29 is 14.3 Å². The van der Waals surface area contributed by atoms with Gasteiger partial charge in [-0.05, 0) is 26.8 Å². The fourth-order valence-electron chi connectivity index (χ4n) is 1.85. The van der Waals surface area contributed by atoms with Gasteiger partial charge in [-0.25, -0.2) is 0 Å². The number of carbonyl (C=O) groups is 1. The molecule has 0 spiro atoms. The molecule has 1 saturated heterocycles. The van der Waals surface area contributed by atoms with Crippen LogP contribution in [0.2, 0.25) is 0 Å². The van der Waals surface area contributed by atoms with Crippen molar-refractivity contribution in [2.75, 3.05) is 0 Å². The molecule has 1 aliphatic heterocycles. The highest BCUT2D eigenvalue weighted by Crippen LogP contribution is 2.35. The van der Waals surface area contributed by atoms with E-state index in [1.807, 2.05) is 32.9 Å². The molecule has 2 atom stereocenters. The average Bonchev–Trinajstić information content (AvgIpc) is 2.50. The Bertz CT molecular complexity index is 325. The summed E-state index contributed by atoms with van der Waals surface area (Å²) in [5.41, 5.74) is 0.693. The fourth-order valence-corrected chi connectivity index (χ4v) is 1.85. The van der Waals surface area contributed by atoms with Gasteiger partial charge in [-0.3, -0.25) is 4.79 Å². The number of allylic oxidation sites excluding steroid dienone is 2. The van der Waals surface area contributed by atoms with E-state index in [0.29, 0.717) is 5.57 Å². The third kappa shape index (κ3) is 1.42. The highest BCUT2D eigenvalue weighted by atomic mass is 16.8. The standard InChI is InChI=1S/C11H14O3/c1-4-5-7-6-8-10(9(7)12)14-11(2,3)13-8/h4-6,8,10H,1-3H3/b5-4-/t8-,10-/m1/s1. The van der Waals surface area contributed by atoms with Crippen molar-refractivity contribution in [3.05, 3.63) is 23.8 Å². The van der Waals surface area contributed by atoms with E-state index in [2.05, 4.69) is 0 Å². The van der Waals surface area contributed by atoms with Crippen molar-refractivity contribution in [3.8, 4) is 0 Å². The summed E-state index contributed by atoms with van der Waals surface area (Å²) < 4.78 is 11.1. The Morgan fingerprint density at radius 2 is 2.14 bits per heavy atom. The lowest BCUT2D eigenvalue weighted by Crippen LogP contribution is -2.26. The van der Waals surface area contributed by atoms with Crippen LogP contribution < -0.4 is 0 Å². The number of ether oxygens (including phenoxy) is 2. The molecule has 76 valence electrons. The zero-order valence-electron chi connectivity index (χ0n) is 8.61. The zero-order valence-corrected chi connectivity index (χ0v) is 8.61. The Balaban J connectivity index is 2.22. The molecule has 1 fully saturated rings. The van der Waals surface area contributed by atoms with Crippen LogP contribution in [0, 0.1) is 0 Å². The van der Waals surface area contributed by atoms with Crippen LogP contribution in [0.5, 0.6) is 0 Å². The molecule has 1 aliphatic carbocycles. The first-order valence-electron chi connectivity index (χ1n) is 4.78. The average molecular weight is 194 g/mol. The van der Waals surface area contributed by atoms with Gasteiger partial charge in [0.05, 0.1) is 0 Å². The SMILES string of the molecule is C/C=C\C1=C[C@H]2OC(C)(C)O[C@H]2C1=O. The number of rotatable bonds is 1. The molecule has 0 amide bonds. The fraction of sp³-hybridized carbons (Fsp3) is 0.545. The van der Waals surface area contributed by atoms with Crippen LogP contribution in [0.4, 0.5) is 0 Å². The molecule has 0 N–H and O–H groups in total. The maximum absolute atomic E-state index is 11.7. The lowest BCUT2D eigenvalue weighted by Gasteiger charge is -2.17. The topological polar surface area (TPSA) is 35.5 Å². The number of ketones is 1. The normalized spacial score (nSPS) is 35.1. The molecule has 0 unspecified atom stereocenters. The van der Waals surface area contributed by atoms with E-state index in [1.54, 1.807) is 6.08 Å². The largest absolute Gasteiger partial charge is 0.340 e. The van der Waals surface area contributed by atoms with E-state index in [4.69, 9.17) is 9.47 Å². The van der Waals surface area contributed by atoms with Crippen LogP contribution in [0.3, 0.4) is 0 Å². The highest BCUT2D eigenvalue weighted by Gasteiger charge is 2.48. The number of Topliss-reactive ketones (excluding diaryl/α,β-unsaturated/α-hetero) is 1. The van der Waals surface area contributed by atoms with Crippen LogP contribution in [0.15, 0.2) is 23.8 Å². The van der Waals surface area contributed by atoms with Crippen LogP contribution in [-0.4, -0.2) is 23.8 Å². The van der Waals surface area contributed by atoms with Crippen molar-refractivity contribution in [2.24, 2.45) is 0 Å². The predicted molar refractivity (Wildman–Crippen MR) is 51.7 cm³/mol. The van der Waals surface area contributed by atoms with Crippen molar-refractivity contribution in [3.63, 3.8) is 0 Å². The minimum absolute atomic E-state index is 0.0266. The molecule has 0 bridgehead atoms. The molecule has 0 aromatic heterocycles. The van der Waals surface area contributed by atoms with Gasteiger partial charge in [-0.15, -0.1) is 0 Å². The Labute approximate surface area is 83.4 Å². The van der Waals surface area contributed by atoms with Gasteiger partial charge >= 0.3 is 0 Å². The van der Waals surface area contributed by atoms with Gasteiger partial charge < -0.3 is 9.47 Å². The molecule has 0 saturated carbocycles. The van der Waals surface area contributed by atoms with Gasteiger partial charge in [0.2, 0.25) is 0 Å². The number of hydrogen-bond donors (Lipinski definition) is 0. The van der Waals surface area contributed by atoms with Gasteiger partial charge in [0.1, 0.15) is 6.10 Å². The van der Waals surface area contributed by atoms with Crippen LogP contribution in [0.25, 0.3) is 0 Å². The van der Waals surface area contributed by atoms with Crippen molar-refractivity contribution in [1.29, 1.82) is 0 Å². The summed E-state index contributed by atoms with van der Waals surface area (Å²) in [5, 5.41) is 0. The Kier molecular flexibility index (Phi) is 2.09. The smallest absolute Gasteiger partial charge is 0.194 e. The third-order valence-corrected chi connectivity index (χ3v) is 2.36. The van der Waals surface area contributed by atoms with Crippen molar-refractivity contribution in [1.82, 2.24) is 0 Å². The molecule has 3 heteroatoms. The molecular formula is C11H14O3. The van der Waals surface area contributed by atoms with E-state index in [-0.39, 0.29) is 11.9 Å². The molecule has 14 heavy (non-hydrogen) atoms. The van der Waals surface area contributed by atoms with Crippen LogP contribution in [-0.2, 0) is 14.3 Å². The molecule has 2 rings (SSSR count). The van der Waals surface area contributed by atoms with Crippen molar-refractivity contribution >= 4 is 5.78 Å². The summed E-state index contributed by atoms with van der Waals surface area (Å²) in [6.07, 6.45) is 4.83. The van der Waals surface area contributed by atoms with Gasteiger partial charge in [0.25, 0.3) is 0 Å². The van der Waals surface area contributed by atoms with Crippen LogP contribution >= 0.6 is 0 Å². The lowest BCUT2D eigenvalue weighted by atomic mass is 10.2. The molecular weight excluding hydrogens is 180 g/mol. The van der Waals surface area contributed by atoms with Crippen LogP contribution in [0.1, 0.15) is 20.8 Å². The first-order chi connectivity index (χ1) is 6.53. The van der Waals surface area contributed by atoms with E-state index in [1.165, 1.54) is 0 Å². The van der Waals surface area contributed by atoms with Gasteiger partial charge in [-0.1, -0.05) is 12.2 Å². The first kappa shape index (κ1) is 9.62. The molecule has 3 nitrogen and oxygen atoms in total. The zero-order chi connectivity index (χ0) is 10.3. The number of carbonyl (C=O) groups excluding carboxylic acids is 1. The first-order valence-corrected chi connectivity index (χ1v) is 4.78. The quantitative estimate of drug-likeness (QED) is 0.636. The summed E-state index contributed by atoms with van der Waals surface area (Å²) >= 11 is 0. The minimum atomic E-state index is -0.636. The number of fused-ring (bicyclic) bond motifs is 1. The van der Waals surface area contributed by atoms with Gasteiger partial charge in [0, 0.05) is 5.57 Å². The second-order valence-electron chi connectivity index (χ2n) is 4.01. The maximum atomic E-state index is 11.7. The van der Waals surface area contributed by atoms with Gasteiger partial charge in [0.15, 0.2) is 17.7 Å². The van der Waals surface area contributed by atoms with Crippen molar-refractivity contribution in [2.45, 2.75) is 38.8 Å². The van der Waals surface area contributed by atoms with E-state index in [9.17, 15) is 4.79 Å². The molecule has 2 aliphatic rings. The number of hydrogen-bond acceptors (Lipinski definition) is 3. The maximum Gasteiger partial charge on any atom is 0.194 e. The summed E-state index contributed by atoms with van der Waals surface area (Å²) in [7, 11) is 0. The van der Waals surface area contributed by atoms with E-state index in [0.717, 1.165) is 0 Å². The Hall–Kier alpha value is -0.930. The third-order valence-electron chi connectivity index (χ3n) is 2.36. The van der Waals surface area contributed by atoms with Gasteiger partial charge in [-0.2, -0.15) is 0 Å². The summed E-state index contributed by atoms with van der Waals surface area (Å²) in [6, 6.07) is 0. The minimum Gasteiger partial charge on any atom is -0.340 e. The second-order valence-corrected chi connectivity index (χ2v) is 4.01. The van der Waals surface area contributed by atoms with E-state index < -0.39 is 11.9 Å². The molecule has 0 radical (unpaired) electrons. The second kappa shape index (κ2) is 3.04. The summed E-state index contributed by atoms with van der Waals surface area (Å²) in [5.74, 6) is -0.609. The Morgan fingerprint density at radius 1 is 1.43 bits per heavy atom. The molecule has 1 heterocycles.